The Balaban J connectivity index is 1.63. The number of rotatable bonds is 11. The maximum atomic E-state index is 14.3. The minimum Gasteiger partial charge on any atom is -0.490 e. The number of benzene rings is 3. The molecule has 2 nitrogen and oxygen atoms in total. The molecule has 0 heterocycles. The number of hydrogen-bond acceptors (Lipinski definition) is 2. The van der Waals surface area contributed by atoms with Crippen LogP contribution in [0.2, 0.25) is 5.02 Å². The topological polar surface area (TPSA) is 21.3 Å². The van der Waals surface area contributed by atoms with Crippen LogP contribution in [-0.2, 0) is 11.8 Å². The van der Waals surface area contributed by atoms with Crippen LogP contribution in [0.1, 0.15) is 30.9 Å². The van der Waals surface area contributed by atoms with Crippen LogP contribution < -0.4 is 10.1 Å². The van der Waals surface area contributed by atoms with Crippen molar-refractivity contribution < 1.29 is 9.13 Å². The van der Waals surface area contributed by atoms with Gasteiger partial charge in [0, 0.05) is 16.1 Å². The molecule has 3 rings (SSSR count). The van der Waals surface area contributed by atoms with Crippen molar-refractivity contribution in [3.63, 3.8) is 0 Å². The van der Waals surface area contributed by atoms with Gasteiger partial charge in [0.15, 0.2) is 0 Å². The third-order valence-electron chi connectivity index (χ3n) is 5.65. The predicted molar refractivity (Wildman–Crippen MR) is 134 cm³/mol. The molecule has 0 amide bonds. The molecule has 0 saturated carbocycles. The number of hydrogen-bond donors (Lipinski definition) is 1. The van der Waals surface area contributed by atoms with E-state index in [-0.39, 0.29) is 11.2 Å². The third-order valence-corrected chi connectivity index (χ3v) is 5.90. The second kappa shape index (κ2) is 11.0. The van der Waals surface area contributed by atoms with Gasteiger partial charge in [-0.3, -0.25) is 0 Å². The summed E-state index contributed by atoms with van der Waals surface area (Å²) in [4.78, 5) is 0. The van der Waals surface area contributed by atoms with Crippen molar-refractivity contribution in [2.75, 3.05) is 11.9 Å². The third kappa shape index (κ3) is 6.24. The second-order valence-corrected chi connectivity index (χ2v) is 8.48. The molecule has 1 N–H and O–H groups in total. The first-order chi connectivity index (χ1) is 15.4. The largest absolute Gasteiger partial charge is 0.490 e. The molecule has 0 aliphatic heterocycles. The Morgan fingerprint density at radius 3 is 2.41 bits per heavy atom. The summed E-state index contributed by atoms with van der Waals surface area (Å²) in [6, 6.07) is 20.6. The van der Waals surface area contributed by atoms with Crippen LogP contribution in [0.15, 0.2) is 92.0 Å². The molecule has 0 spiro atoms. The maximum Gasteiger partial charge on any atom is 0.146 e. The maximum absolute atomic E-state index is 14.3. The van der Waals surface area contributed by atoms with Gasteiger partial charge in [-0.15, -0.1) is 6.58 Å². The standard InChI is InChI=1S/C28H29ClFNO/c1-4-19-32-25-15-9-22(10-16-25)28(3,5-2)18-6-7-21-8-17-26(30)27(20-21)31-24-13-11-23(29)12-14-24/h4-5,8-17,20,31H,1-2,6-7,18-19H2,3H3. The molecule has 166 valence electrons. The zero-order valence-corrected chi connectivity index (χ0v) is 19.2. The van der Waals surface area contributed by atoms with Gasteiger partial charge in [-0.05, 0) is 78.9 Å². The highest BCUT2D eigenvalue weighted by molar-refractivity contribution is 6.30. The minimum atomic E-state index is -0.279. The molecular weight excluding hydrogens is 421 g/mol. The van der Waals surface area contributed by atoms with Crippen LogP contribution in [0.5, 0.6) is 5.75 Å². The molecule has 1 unspecified atom stereocenters. The summed E-state index contributed by atoms with van der Waals surface area (Å²) in [5.74, 6) is 0.547. The molecule has 3 aromatic rings. The Morgan fingerprint density at radius 2 is 1.75 bits per heavy atom. The summed E-state index contributed by atoms with van der Waals surface area (Å²) in [5.41, 5.74) is 3.39. The Labute approximate surface area is 195 Å². The SMILES string of the molecule is C=CCOc1ccc(C(C)(C=C)CCCc2ccc(F)c(Nc3ccc(Cl)cc3)c2)cc1. The van der Waals surface area contributed by atoms with Crippen molar-refractivity contribution in [3.8, 4) is 5.75 Å². The van der Waals surface area contributed by atoms with Gasteiger partial charge in [-0.1, -0.05) is 55.5 Å². The number of nitrogens with one attached hydrogen (secondary N) is 1. The molecule has 0 aromatic heterocycles. The fourth-order valence-corrected chi connectivity index (χ4v) is 3.75. The Hall–Kier alpha value is -3.04. The van der Waals surface area contributed by atoms with E-state index in [0.29, 0.717) is 17.3 Å². The molecule has 1 atom stereocenters. The van der Waals surface area contributed by atoms with Gasteiger partial charge in [0.1, 0.15) is 18.2 Å². The van der Waals surface area contributed by atoms with Gasteiger partial charge >= 0.3 is 0 Å². The highest BCUT2D eigenvalue weighted by atomic mass is 35.5. The van der Waals surface area contributed by atoms with Crippen LogP contribution in [0.25, 0.3) is 0 Å². The molecule has 3 aromatic carbocycles. The lowest BCUT2D eigenvalue weighted by atomic mass is 9.78. The van der Waals surface area contributed by atoms with Crippen molar-refractivity contribution >= 4 is 23.0 Å². The fourth-order valence-electron chi connectivity index (χ4n) is 3.62. The number of anilines is 2. The van der Waals surface area contributed by atoms with E-state index in [1.165, 1.54) is 11.6 Å². The van der Waals surface area contributed by atoms with Crippen molar-refractivity contribution in [2.45, 2.75) is 31.6 Å². The normalized spacial score (nSPS) is 12.6. The Bertz CT molecular complexity index is 1050. The first kappa shape index (κ1) is 23.6. The number of ether oxygens (including phenoxy) is 1. The van der Waals surface area contributed by atoms with Gasteiger partial charge in [0.2, 0.25) is 0 Å². The molecule has 0 saturated heterocycles. The summed E-state index contributed by atoms with van der Waals surface area (Å²) < 4.78 is 19.9. The van der Waals surface area contributed by atoms with E-state index in [4.69, 9.17) is 16.3 Å². The van der Waals surface area contributed by atoms with Crippen LogP contribution in [0.3, 0.4) is 0 Å². The van der Waals surface area contributed by atoms with E-state index < -0.39 is 0 Å². The molecule has 0 aliphatic rings. The first-order valence-electron chi connectivity index (χ1n) is 10.7. The zero-order valence-electron chi connectivity index (χ0n) is 18.4. The quantitative estimate of drug-likeness (QED) is 0.297. The summed E-state index contributed by atoms with van der Waals surface area (Å²) in [7, 11) is 0. The number of halogens is 2. The average Bonchev–Trinajstić information content (AvgIpc) is 2.81. The first-order valence-corrected chi connectivity index (χ1v) is 11.1. The Morgan fingerprint density at radius 1 is 1.03 bits per heavy atom. The van der Waals surface area contributed by atoms with Crippen molar-refractivity contribution in [1.82, 2.24) is 0 Å². The summed E-state index contributed by atoms with van der Waals surface area (Å²) in [6.45, 7) is 10.4. The van der Waals surface area contributed by atoms with E-state index in [0.717, 1.165) is 36.3 Å². The van der Waals surface area contributed by atoms with Gasteiger partial charge in [0.25, 0.3) is 0 Å². The molecule has 0 fully saturated rings. The van der Waals surface area contributed by atoms with Crippen molar-refractivity contribution in [3.05, 3.63) is 114 Å². The van der Waals surface area contributed by atoms with Gasteiger partial charge < -0.3 is 10.1 Å². The lowest BCUT2D eigenvalue weighted by Gasteiger charge is -2.27. The molecule has 0 aliphatic carbocycles. The summed E-state index contributed by atoms with van der Waals surface area (Å²) >= 11 is 5.93. The summed E-state index contributed by atoms with van der Waals surface area (Å²) in [6.07, 6.45) is 6.46. The average molecular weight is 450 g/mol. The minimum absolute atomic E-state index is 0.151. The highest BCUT2D eigenvalue weighted by Crippen LogP contribution is 2.32. The smallest absolute Gasteiger partial charge is 0.146 e. The molecular formula is C28H29ClFNO. The van der Waals surface area contributed by atoms with Crippen LogP contribution in [0.4, 0.5) is 15.8 Å². The van der Waals surface area contributed by atoms with Crippen molar-refractivity contribution in [2.24, 2.45) is 0 Å². The molecule has 0 bridgehead atoms. The number of aryl methyl sites for hydroxylation is 1. The second-order valence-electron chi connectivity index (χ2n) is 8.05. The highest BCUT2D eigenvalue weighted by Gasteiger charge is 2.22. The van der Waals surface area contributed by atoms with E-state index in [9.17, 15) is 4.39 Å². The molecule has 0 radical (unpaired) electrons. The zero-order chi connectivity index (χ0) is 23.0. The van der Waals surface area contributed by atoms with Crippen molar-refractivity contribution in [1.29, 1.82) is 0 Å². The lowest BCUT2D eigenvalue weighted by Crippen LogP contribution is -2.18. The van der Waals surface area contributed by atoms with E-state index in [2.05, 4.69) is 37.5 Å². The van der Waals surface area contributed by atoms with E-state index in [1.54, 1.807) is 18.2 Å². The van der Waals surface area contributed by atoms with Crippen LogP contribution >= 0.6 is 11.6 Å². The monoisotopic (exact) mass is 449 g/mol. The van der Waals surface area contributed by atoms with Crippen LogP contribution in [0, 0.1) is 5.82 Å². The van der Waals surface area contributed by atoms with E-state index >= 15 is 0 Å². The van der Waals surface area contributed by atoms with E-state index in [1.807, 2.05) is 42.5 Å². The van der Waals surface area contributed by atoms with Gasteiger partial charge in [0.05, 0.1) is 5.69 Å². The predicted octanol–water partition coefficient (Wildman–Crippen LogP) is 8.25. The number of allylic oxidation sites excluding steroid dienone is 1. The Kier molecular flexibility index (Phi) is 8.13. The van der Waals surface area contributed by atoms with Crippen LogP contribution in [-0.4, -0.2) is 6.61 Å². The summed E-state index contributed by atoms with van der Waals surface area (Å²) in [5, 5.41) is 3.78. The molecule has 32 heavy (non-hydrogen) atoms. The lowest BCUT2D eigenvalue weighted by molar-refractivity contribution is 0.363. The fraction of sp³-hybridized carbons (Fsp3) is 0.214. The molecule has 4 heteroatoms. The van der Waals surface area contributed by atoms with Gasteiger partial charge in [-0.2, -0.15) is 0 Å². The van der Waals surface area contributed by atoms with Gasteiger partial charge in [-0.25, -0.2) is 4.39 Å².